The number of hydrogen-bond acceptors (Lipinski definition) is 5. The number of methoxy groups -OCH3 is 1. The average Bonchev–Trinajstić information content (AvgIpc) is 3.00. The van der Waals surface area contributed by atoms with Crippen LogP contribution in [-0.2, 0) is 17.8 Å². The number of nitrogens with one attached hydrogen (secondary N) is 1. The Morgan fingerprint density at radius 2 is 2.04 bits per heavy atom. The number of rotatable bonds is 8. The van der Waals surface area contributed by atoms with Gasteiger partial charge in [0.2, 0.25) is 0 Å². The van der Waals surface area contributed by atoms with Crippen LogP contribution in [-0.4, -0.2) is 32.3 Å². The summed E-state index contributed by atoms with van der Waals surface area (Å²) < 4.78 is 16.1. The monoisotopic (exact) mass is 377 g/mol. The summed E-state index contributed by atoms with van der Waals surface area (Å²) in [7, 11) is 1.68. The van der Waals surface area contributed by atoms with Crippen LogP contribution in [0.1, 0.15) is 28.4 Å². The van der Waals surface area contributed by atoms with Gasteiger partial charge < -0.3 is 19.5 Å². The van der Waals surface area contributed by atoms with Crippen molar-refractivity contribution in [2.45, 2.75) is 26.0 Å². The third-order valence-corrected chi connectivity index (χ3v) is 4.20. The summed E-state index contributed by atoms with van der Waals surface area (Å²) in [6, 6.07) is 13.8. The van der Waals surface area contributed by atoms with Gasteiger partial charge in [-0.25, -0.2) is 4.79 Å². The molecule has 2 aromatic carbocycles. The maximum Gasteiger partial charge on any atom is 0.338 e. The molecule has 0 bridgehead atoms. The zero-order valence-electron chi connectivity index (χ0n) is 15.0. The second kappa shape index (κ2) is 9.46. The lowest BCUT2D eigenvalue weighted by atomic mass is 10.1. The Hall–Kier alpha value is -2.24. The lowest BCUT2D eigenvalue weighted by molar-refractivity contribution is 0.0535. The van der Waals surface area contributed by atoms with E-state index in [1.807, 2.05) is 24.3 Å². The molecule has 0 amide bonds. The molecule has 1 heterocycles. The normalized spacial score (nSPS) is 13.4. The number of ether oxygens (including phenoxy) is 3. The highest BCUT2D eigenvalue weighted by molar-refractivity contribution is 5.93. The van der Waals surface area contributed by atoms with Gasteiger partial charge in [-0.05, 0) is 55.8 Å². The Balaban J connectivity index is 0.00000243. The fourth-order valence-electron chi connectivity index (χ4n) is 2.77. The third kappa shape index (κ3) is 5.13. The zero-order valence-corrected chi connectivity index (χ0v) is 15.8. The van der Waals surface area contributed by atoms with Gasteiger partial charge in [-0.15, -0.1) is 12.4 Å². The van der Waals surface area contributed by atoms with Crippen molar-refractivity contribution in [1.82, 2.24) is 5.32 Å². The Kier molecular flexibility index (Phi) is 7.30. The molecule has 5 nitrogen and oxygen atoms in total. The summed E-state index contributed by atoms with van der Waals surface area (Å²) in [5.74, 6) is 1.39. The molecule has 1 N–H and O–H groups in total. The van der Waals surface area contributed by atoms with Crippen molar-refractivity contribution in [2.24, 2.45) is 0 Å². The molecule has 140 valence electrons. The van der Waals surface area contributed by atoms with Crippen molar-refractivity contribution in [1.29, 1.82) is 0 Å². The van der Waals surface area contributed by atoms with E-state index in [1.165, 1.54) is 5.56 Å². The highest BCUT2D eigenvalue weighted by Gasteiger charge is 2.21. The van der Waals surface area contributed by atoms with Gasteiger partial charge in [-0.3, -0.25) is 0 Å². The first-order valence-corrected chi connectivity index (χ1v) is 8.45. The SMILES string of the molecule is COc1cccc(CCNC(C)COc2ccc3c(c2)COC3=O)c1.Cl. The number of esters is 1. The first kappa shape index (κ1) is 20.1. The highest BCUT2D eigenvalue weighted by Crippen LogP contribution is 2.24. The van der Waals surface area contributed by atoms with Crippen LogP contribution in [0.4, 0.5) is 0 Å². The van der Waals surface area contributed by atoms with E-state index in [1.54, 1.807) is 13.2 Å². The van der Waals surface area contributed by atoms with E-state index in [0.717, 1.165) is 30.0 Å². The summed E-state index contributed by atoms with van der Waals surface area (Å²) in [5, 5.41) is 3.45. The summed E-state index contributed by atoms with van der Waals surface area (Å²) >= 11 is 0. The van der Waals surface area contributed by atoms with Crippen molar-refractivity contribution in [3.8, 4) is 11.5 Å². The summed E-state index contributed by atoms with van der Waals surface area (Å²) in [4.78, 5) is 11.4. The molecule has 0 radical (unpaired) electrons. The van der Waals surface area contributed by atoms with E-state index >= 15 is 0 Å². The van der Waals surface area contributed by atoms with Gasteiger partial charge in [0.1, 0.15) is 24.7 Å². The largest absolute Gasteiger partial charge is 0.497 e. The molecule has 0 saturated carbocycles. The van der Waals surface area contributed by atoms with E-state index < -0.39 is 0 Å². The van der Waals surface area contributed by atoms with E-state index in [9.17, 15) is 4.79 Å². The van der Waals surface area contributed by atoms with Crippen molar-refractivity contribution in [3.05, 3.63) is 59.2 Å². The van der Waals surface area contributed by atoms with Crippen LogP contribution in [0, 0.1) is 0 Å². The molecule has 0 aromatic heterocycles. The highest BCUT2D eigenvalue weighted by atomic mass is 35.5. The minimum Gasteiger partial charge on any atom is -0.497 e. The van der Waals surface area contributed by atoms with Crippen LogP contribution in [0.25, 0.3) is 0 Å². The second-order valence-electron chi connectivity index (χ2n) is 6.16. The first-order chi connectivity index (χ1) is 12.2. The average molecular weight is 378 g/mol. The van der Waals surface area contributed by atoms with Gasteiger partial charge in [0.15, 0.2) is 0 Å². The van der Waals surface area contributed by atoms with Gasteiger partial charge in [0.25, 0.3) is 0 Å². The number of fused-ring (bicyclic) bond motifs is 1. The zero-order chi connectivity index (χ0) is 17.6. The van der Waals surface area contributed by atoms with Crippen LogP contribution in [0.15, 0.2) is 42.5 Å². The minimum absolute atomic E-state index is 0. The third-order valence-electron chi connectivity index (χ3n) is 4.20. The second-order valence-corrected chi connectivity index (χ2v) is 6.16. The van der Waals surface area contributed by atoms with Gasteiger partial charge in [-0.1, -0.05) is 12.1 Å². The van der Waals surface area contributed by atoms with Crippen molar-refractivity contribution >= 4 is 18.4 Å². The molecule has 1 aliphatic heterocycles. The number of carbonyl (C=O) groups excluding carboxylic acids is 1. The van der Waals surface area contributed by atoms with Crippen LogP contribution in [0.3, 0.4) is 0 Å². The Morgan fingerprint density at radius 1 is 1.19 bits per heavy atom. The van der Waals surface area contributed by atoms with Gasteiger partial charge in [0, 0.05) is 11.6 Å². The number of carbonyl (C=O) groups is 1. The lowest BCUT2D eigenvalue weighted by Crippen LogP contribution is -2.33. The quantitative estimate of drug-likeness (QED) is 0.714. The molecule has 1 atom stereocenters. The number of cyclic esters (lactones) is 1. The van der Waals surface area contributed by atoms with Crippen LogP contribution in [0.5, 0.6) is 11.5 Å². The minimum atomic E-state index is -0.255. The molecule has 0 aliphatic carbocycles. The lowest BCUT2D eigenvalue weighted by Gasteiger charge is -2.15. The van der Waals surface area contributed by atoms with E-state index in [0.29, 0.717) is 18.8 Å². The molecule has 1 aliphatic rings. The number of benzene rings is 2. The Bertz CT molecular complexity index is 750. The molecular weight excluding hydrogens is 354 g/mol. The first-order valence-electron chi connectivity index (χ1n) is 8.45. The Morgan fingerprint density at radius 3 is 2.85 bits per heavy atom. The Labute approximate surface area is 160 Å². The molecule has 26 heavy (non-hydrogen) atoms. The number of hydrogen-bond donors (Lipinski definition) is 1. The fourth-order valence-corrected chi connectivity index (χ4v) is 2.77. The molecule has 0 spiro atoms. The van der Waals surface area contributed by atoms with Gasteiger partial charge in [-0.2, -0.15) is 0 Å². The van der Waals surface area contributed by atoms with Gasteiger partial charge in [0.05, 0.1) is 12.7 Å². The van der Waals surface area contributed by atoms with Crippen LogP contribution in [0.2, 0.25) is 0 Å². The molecular formula is C20H24ClNO4. The molecule has 2 aromatic rings. The van der Waals surface area contributed by atoms with E-state index in [4.69, 9.17) is 14.2 Å². The van der Waals surface area contributed by atoms with Crippen molar-refractivity contribution < 1.29 is 19.0 Å². The summed E-state index contributed by atoms with van der Waals surface area (Å²) in [6.07, 6.45) is 0.930. The fraction of sp³-hybridized carbons (Fsp3) is 0.350. The molecule has 0 fully saturated rings. The van der Waals surface area contributed by atoms with Gasteiger partial charge >= 0.3 is 5.97 Å². The maximum absolute atomic E-state index is 11.4. The topological polar surface area (TPSA) is 56.8 Å². The molecule has 1 unspecified atom stereocenters. The predicted molar refractivity (Wildman–Crippen MR) is 102 cm³/mol. The van der Waals surface area contributed by atoms with E-state index in [2.05, 4.69) is 24.4 Å². The molecule has 0 saturated heterocycles. The smallest absolute Gasteiger partial charge is 0.338 e. The maximum atomic E-state index is 11.4. The van der Waals surface area contributed by atoms with Crippen LogP contribution >= 0.6 is 12.4 Å². The van der Waals surface area contributed by atoms with Crippen molar-refractivity contribution in [2.75, 3.05) is 20.3 Å². The predicted octanol–water partition coefficient (Wildman–Crippen LogP) is 3.39. The van der Waals surface area contributed by atoms with Crippen molar-refractivity contribution in [3.63, 3.8) is 0 Å². The molecule has 3 rings (SSSR count). The summed E-state index contributed by atoms with van der Waals surface area (Å²) in [6.45, 7) is 3.85. The summed E-state index contributed by atoms with van der Waals surface area (Å²) in [5.41, 5.74) is 2.77. The molecule has 6 heteroatoms. The van der Waals surface area contributed by atoms with E-state index in [-0.39, 0.29) is 24.4 Å². The standard InChI is InChI=1S/C20H23NO4.ClH/c1-14(21-9-8-15-4-3-5-17(10-15)23-2)12-24-18-6-7-19-16(11-18)13-25-20(19)22;/h3-7,10-11,14,21H,8-9,12-13H2,1-2H3;1H. The number of halogens is 1. The van der Waals surface area contributed by atoms with Crippen LogP contribution < -0.4 is 14.8 Å².